The number of nitrogens with one attached hydrogen (secondary N) is 4. The highest BCUT2D eigenvalue weighted by atomic mass is 16.1. The zero-order valence-electron chi connectivity index (χ0n) is 20.3. The second-order valence-electron chi connectivity index (χ2n) is 10.7. The number of hydrogen-bond donors (Lipinski definition) is 5. The van der Waals surface area contributed by atoms with Crippen LogP contribution in [0, 0.1) is 30.1 Å². The number of aryl methyl sites for hydroxylation is 1. The molecule has 4 atom stereocenters. The molecule has 1 aliphatic heterocycles. The van der Waals surface area contributed by atoms with E-state index in [0.29, 0.717) is 34.7 Å². The fourth-order valence-electron chi connectivity index (χ4n) is 6.00. The Kier molecular flexibility index (Phi) is 6.06. The first-order valence-electron chi connectivity index (χ1n) is 12.4. The third kappa shape index (κ3) is 4.53. The summed E-state index contributed by atoms with van der Waals surface area (Å²) in [7, 11) is 0. The van der Waals surface area contributed by atoms with Crippen LogP contribution in [0.3, 0.4) is 0 Å². The Morgan fingerprint density at radius 1 is 1.15 bits per heavy atom. The minimum Gasteiger partial charge on any atom is -0.366 e. The van der Waals surface area contributed by atoms with Crippen LogP contribution in [-0.4, -0.2) is 46.5 Å². The van der Waals surface area contributed by atoms with Crippen LogP contribution in [0.4, 0.5) is 23.5 Å². The Balaban J connectivity index is 1.36. The number of hydrogen-bond acceptors (Lipinski definition) is 8. The van der Waals surface area contributed by atoms with Crippen molar-refractivity contribution in [2.24, 2.45) is 28.9 Å². The van der Waals surface area contributed by atoms with Crippen molar-refractivity contribution in [3.05, 3.63) is 29.3 Å². The van der Waals surface area contributed by atoms with Gasteiger partial charge >= 0.3 is 0 Å². The third-order valence-electron chi connectivity index (χ3n) is 8.32. The van der Waals surface area contributed by atoms with E-state index in [2.05, 4.69) is 50.1 Å². The highest BCUT2D eigenvalue weighted by Gasteiger charge is 2.53. The summed E-state index contributed by atoms with van der Waals surface area (Å²) in [5.41, 5.74) is 8.08. The van der Waals surface area contributed by atoms with Crippen molar-refractivity contribution in [3.63, 3.8) is 0 Å². The molecule has 6 N–H and O–H groups in total. The van der Waals surface area contributed by atoms with Crippen molar-refractivity contribution in [3.8, 4) is 0 Å². The Bertz CT molecular complexity index is 1060. The number of carbonyl (C=O) groups is 1. The SMILES string of the molecule is Cc1ccc(C(N)=O)cc1Nc1nc(NC[C@@H]2CC[C@@H]3C[C@H]2C3(C)C)nc(N[C@@H]2CCNC2)n1. The molecular formula is C25H36N8O. The van der Waals surface area contributed by atoms with E-state index in [1.54, 1.807) is 12.1 Å². The van der Waals surface area contributed by atoms with Gasteiger partial charge in [-0.15, -0.1) is 0 Å². The summed E-state index contributed by atoms with van der Waals surface area (Å²) in [6.07, 6.45) is 4.95. The number of rotatable bonds is 8. The van der Waals surface area contributed by atoms with Gasteiger partial charge in [-0.25, -0.2) is 0 Å². The van der Waals surface area contributed by atoms with Crippen molar-refractivity contribution in [1.29, 1.82) is 0 Å². The van der Waals surface area contributed by atoms with E-state index in [0.717, 1.165) is 49.1 Å². The lowest BCUT2D eigenvalue weighted by atomic mass is 9.45. The maximum atomic E-state index is 11.7. The molecule has 9 heteroatoms. The number of anilines is 4. The standard InChI is InChI=1S/C25H36N8O/c1-14-4-5-15(21(26)34)10-20(14)30-24-32-22(31-23(33-24)29-18-8-9-27-13-18)28-12-16-6-7-17-11-19(16)25(17,2)3/h4-5,10,16-19,27H,6-9,11-13H2,1-3H3,(H2,26,34)(H3,28,29,30,31,32,33)/t16-,17+,18+,19+/m0/s1. The van der Waals surface area contributed by atoms with Gasteiger partial charge in [-0.05, 0) is 80.0 Å². The van der Waals surface area contributed by atoms with Gasteiger partial charge in [0.15, 0.2) is 0 Å². The molecule has 0 unspecified atom stereocenters. The molecule has 9 nitrogen and oxygen atoms in total. The molecule has 3 saturated carbocycles. The Morgan fingerprint density at radius 3 is 2.65 bits per heavy atom. The Labute approximate surface area is 201 Å². The number of primary amides is 1. The van der Waals surface area contributed by atoms with Crippen LogP contribution in [0.15, 0.2) is 18.2 Å². The minimum absolute atomic E-state index is 0.286. The first-order valence-corrected chi connectivity index (χ1v) is 12.4. The maximum Gasteiger partial charge on any atom is 0.248 e. The highest BCUT2D eigenvalue weighted by Crippen LogP contribution is 2.61. The summed E-state index contributed by atoms with van der Waals surface area (Å²) < 4.78 is 0. The molecule has 1 aromatic carbocycles. The van der Waals surface area contributed by atoms with Gasteiger partial charge in [-0.2, -0.15) is 15.0 Å². The van der Waals surface area contributed by atoms with Crippen molar-refractivity contribution in [1.82, 2.24) is 20.3 Å². The number of nitrogens with zero attached hydrogens (tertiary/aromatic N) is 3. The molecule has 0 spiro atoms. The number of amides is 1. The molecule has 2 heterocycles. The minimum atomic E-state index is -0.467. The van der Waals surface area contributed by atoms with Crippen molar-refractivity contribution in [2.75, 3.05) is 35.6 Å². The zero-order chi connectivity index (χ0) is 23.9. The quantitative estimate of drug-likeness (QED) is 0.402. The van der Waals surface area contributed by atoms with Crippen LogP contribution in [0.2, 0.25) is 0 Å². The summed E-state index contributed by atoms with van der Waals surface area (Å²) in [6, 6.07) is 5.61. The van der Waals surface area contributed by atoms with E-state index in [1.165, 1.54) is 19.3 Å². The molecule has 1 amide bonds. The third-order valence-corrected chi connectivity index (χ3v) is 8.32. The Hall–Kier alpha value is -2.94. The van der Waals surface area contributed by atoms with Crippen LogP contribution in [0.25, 0.3) is 0 Å². The van der Waals surface area contributed by atoms with Crippen molar-refractivity contribution in [2.45, 2.75) is 52.5 Å². The molecule has 2 aromatic rings. The predicted octanol–water partition coefficient (Wildman–Crippen LogP) is 3.28. The number of nitrogens with two attached hydrogens (primary N) is 1. The average molecular weight is 465 g/mol. The Morgan fingerprint density at radius 2 is 1.94 bits per heavy atom. The molecule has 4 aliphatic rings. The number of carbonyl (C=O) groups excluding carboxylic acids is 1. The molecule has 4 fully saturated rings. The first-order chi connectivity index (χ1) is 16.3. The van der Waals surface area contributed by atoms with Gasteiger partial charge < -0.3 is 27.0 Å². The van der Waals surface area contributed by atoms with Gasteiger partial charge in [0.25, 0.3) is 0 Å². The van der Waals surface area contributed by atoms with Crippen LogP contribution in [0.5, 0.6) is 0 Å². The average Bonchev–Trinajstić information content (AvgIpc) is 3.32. The van der Waals surface area contributed by atoms with Gasteiger partial charge in [0.1, 0.15) is 0 Å². The molecule has 34 heavy (non-hydrogen) atoms. The largest absolute Gasteiger partial charge is 0.366 e. The molecule has 0 radical (unpaired) electrons. The van der Waals surface area contributed by atoms with Gasteiger partial charge in [0, 0.05) is 30.4 Å². The first kappa shape index (κ1) is 22.8. The summed E-state index contributed by atoms with van der Waals surface area (Å²) in [4.78, 5) is 25.6. The number of aromatic nitrogens is 3. The second kappa shape index (κ2) is 9.02. The van der Waals surface area contributed by atoms with E-state index in [9.17, 15) is 4.79 Å². The summed E-state index contributed by atoms with van der Waals surface area (Å²) >= 11 is 0. The maximum absolute atomic E-state index is 11.7. The van der Waals surface area contributed by atoms with E-state index >= 15 is 0 Å². The van der Waals surface area contributed by atoms with E-state index < -0.39 is 5.91 Å². The second-order valence-corrected chi connectivity index (χ2v) is 10.7. The molecule has 3 aliphatic carbocycles. The molecule has 1 saturated heterocycles. The molecular weight excluding hydrogens is 428 g/mol. The predicted molar refractivity (Wildman–Crippen MR) is 134 cm³/mol. The van der Waals surface area contributed by atoms with E-state index in [4.69, 9.17) is 5.73 Å². The fraction of sp³-hybridized carbons (Fsp3) is 0.600. The van der Waals surface area contributed by atoms with Crippen molar-refractivity contribution >= 4 is 29.4 Å². The molecule has 6 rings (SSSR count). The normalized spacial score (nSPS) is 27.0. The van der Waals surface area contributed by atoms with Gasteiger partial charge in [0.05, 0.1) is 0 Å². The zero-order valence-corrected chi connectivity index (χ0v) is 20.3. The lowest BCUT2D eigenvalue weighted by Gasteiger charge is -2.60. The van der Waals surface area contributed by atoms with Crippen LogP contribution < -0.4 is 27.0 Å². The van der Waals surface area contributed by atoms with Crippen molar-refractivity contribution < 1.29 is 4.79 Å². The smallest absolute Gasteiger partial charge is 0.248 e. The summed E-state index contributed by atoms with van der Waals surface area (Å²) in [5, 5.41) is 13.6. The lowest BCUT2D eigenvalue weighted by Crippen LogP contribution is -2.53. The number of benzene rings is 1. The van der Waals surface area contributed by atoms with Crippen LogP contribution in [0.1, 0.15) is 55.5 Å². The van der Waals surface area contributed by atoms with Gasteiger partial charge in [0.2, 0.25) is 23.8 Å². The van der Waals surface area contributed by atoms with Gasteiger partial charge in [-0.3, -0.25) is 4.79 Å². The fourth-order valence-corrected chi connectivity index (χ4v) is 6.00. The highest BCUT2D eigenvalue weighted by molar-refractivity contribution is 5.94. The van der Waals surface area contributed by atoms with Gasteiger partial charge in [-0.1, -0.05) is 19.9 Å². The van der Waals surface area contributed by atoms with Crippen LogP contribution in [-0.2, 0) is 0 Å². The molecule has 182 valence electrons. The summed E-state index contributed by atoms with van der Waals surface area (Å²) in [5.74, 6) is 3.36. The monoisotopic (exact) mass is 464 g/mol. The van der Waals surface area contributed by atoms with Crippen LogP contribution >= 0.6 is 0 Å². The summed E-state index contributed by atoms with van der Waals surface area (Å²) in [6.45, 7) is 9.54. The topological polar surface area (TPSA) is 130 Å². The van der Waals surface area contributed by atoms with E-state index in [1.807, 2.05) is 13.0 Å². The molecule has 1 aromatic heterocycles. The number of fused-ring (bicyclic) bond motifs is 2. The lowest BCUT2D eigenvalue weighted by molar-refractivity contribution is -0.100. The molecule has 2 bridgehead atoms. The van der Waals surface area contributed by atoms with E-state index in [-0.39, 0.29) is 6.04 Å².